The Morgan fingerprint density at radius 1 is 0.750 bits per heavy atom. The smallest absolute Gasteiger partial charge is 0.0645 e. The molecule has 4 aromatic carbocycles. The van der Waals surface area contributed by atoms with Gasteiger partial charge in [-0.2, -0.15) is 0 Å². The number of rotatable bonds is 2. The van der Waals surface area contributed by atoms with E-state index in [1.807, 2.05) is 30.3 Å². The summed E-state index contributed by atoms with van der Waals surface area (Å²) in [5.74, 6) is 0. The molecule has 0 radical (unpaired) electrons. The topological polar surface area (TPSA) is 12.0 Å². The lowest BCUT2D eigenvalue weighted by Gasteiger charge is -2.06. The van der Waals surface area contributed by atoms with E-state index in [9.17, 15) is 0 Å². The third kappa shape index (κ3) is 2.15. The van der Waals surface area contributed by atoms with Crippen molar-refractivity contribution in [1.29, 1.82) is 0 Å². The number of hydrogen-bond acceptors (Lipinski definition) is 2. The predicted molar refractivity (Wildman–Crippen MR) is 107 cm³/mol. The highest BCUT2D eigenvalue weighted by Crippen LogP contribution is 2.39. The molecule has 0 unspecified atom stereocenters. The standard InChI is InChI=1S/C22H15NS/c1-2-7-16(8-3-1)23-17-11-13-21-20(14-17)19-12-10-15-6-4-5-9-18(15)22(19)24-21/h1-14,23H/i1D,2D,3D,7D,8D. The molecule has 5 rings (SSSR count). The van der Waals surface area contributed by atoms with E-state index in [4.69, 9.17) is 6.85 Å². The van der Waals surface area contributed by atoms with E-state index in [0.717, 1.165) is 15.5 Å². The van der Waals surface area contributed by atoms with Gasteiger partial charge >= 0.3 is 0 Å². The minimum atomic E-state index is -0.392. The molecule has 1 aromatic heterocycles. The second-order valence-electron chi connectivity index (χ2n) is 5.60. The van der Waals surface area contributed by atoms with Gasteiger partial charge in [0, 0.05) is 31.5 Å². The van der Waals surface area contributed by atoms with Crippen LogP contribution in [0.15, 0.2) is 84.8 Å². The highest BCUT2D eigenvalue weighted by Gasteiger charge is 2.09. The average Bonchev–Trinajstić information content (AvgIpc) is 3.12. The summed E-state index contributed by atoms with van der Waals surface area (Å²) in [6.45, 7) is 0. The quantitative estimate of drug-likeness (QED) is 0.369. The van der Waals surface area contributed by atoms with Crippen LogP contribution in [0, 0.1) is 0 Å². The van der Waals surface area contributed by atoms with Crippen molar-refractivity contribution >= 4 is 53.7 Å². The first-order valence-electron chi connectivity index (χ1n) is 10.1. The highest BCUT2D eigenvalue weighted by molar-refractivity contribution is 7.26. The van der Waals surface area contributed by atoms with E-state index in [0.29, 0.717) is 5.69 Å². The second-order valence-corrected chi connectivity index (χ2v) is 6.65. The molecule has 0 fully saturated rings. The molecule has 24 heavy (non-hydrogen) atoms. The van der Waals surface area contributed by atoms with Gasteiger partial charge in [-0.25, -0.2) is 0 Å². The normalized spacial score (nSPS) is 14.2. The fraction of sp³-hybridized carbons (Fsp3) is 0. The number of benzene rings is 4. The minimum absolute atomic E-state index is 0.0836. The fourth-order valence-corrected chi connectivity index (χ4v) is 4.26. The summed E-state index contributed by atoms with van der Waals surface area (Å²) < 4.78 is 42.0. The van der Waals surface area contributed by atoms with Crippen molar-refractivity contribution in [2.75, 3.05) is 5.32 Å². The van der Waals surface area contributed by atoms with Crippen LogP contribution in [0.25, 0.3) is 30.9 Å². The SMILES string of the molecule is [2H]c1c([2H])c([2H])c(Nc2ccc3sc4c5ccccc5ccc4c3c2)c([2H])c1[2H]. The van der Waals surface area contributed by atoms with Crippen molar-refractivity contribution in [3.05, 3.63) is 84.8 Å². The fourth-order valence-electron chi connectivity index (χ4n) is 3.04. The minimum Gasteiger partial charge on any atom is -0.356 e. The molecule has 0 bridgehead atoms. The number of anilines is 2. The molecule has 0 atom stereocenters. The van der Waals surface area contributed by atoms with Crippen molar-refractivity contribution in [2.24, 2.45) is 0 Å². The van der Waals surface area contributed by atoms with Gasteiger partial charge in [-0.15, -0.1) is 11.3 Å². The van der Waals surface area contributed by atoms with Gasteiger partial charge in [-0.3, -0.25) is 0 Å². The predicted octanol–water partition coefficient (Wildman–Crippen LogP) is 6.95. The van der Waals surface area contributed by atoms with Gasteiger partial charge < -0.3 is 5.32 Å². The molecule has 2 heteroatoms. The molecule has 5 aromatic rings. The molecule has 0 saturated heterocycles. The average molecular weight is 330 g/mol. The van der Waals surface area contributed by atoms with Crippen LogP contribution in [-0.2, 0) is 0 Å². The van der Waals surface area contributed by atoms with Crippen molar-refractivity contribution in [3.8, 4) is 0 Å². The maximum atomic E-state index is 8.11. The van der Waals surface area contributed by atoms with E-state index in [2.05, 4.69) is 29.6 Å². The van der Waals surface area contributed by atoms with Crippen LogP contribution < -0.4 is 5.32 Å². The molecule has 1 heterocycles. The number of hydrogen-bond donors (Lipinski definition) is 1. The van der Waals surface area contributed by atoms with Gasteiger partial charge in [0.1, 0.15) is 0 Å². The van der Waals surface area contributed by atoms with Crippen molar-refractivity contribution < 1.29 is 6.85 Å². The Labute approximate surface area is 151 Å². The van der Waals surface area contributed by atoms with Crippen LogP contribution in [0.4, 0.5) is 11.4 Å². The Bertz CT molecular complexity index is 1410. The zero-order valence-corrected chi connectivity index (χ0v) is 13.4. The largest absolute Gasteiger partial charge is 0.356 e. The third-order valence-electron chi connectivity index (χ3n) is 4.13. The number of para-hydroxylation sites is 1. The first-order valence-corrected chi connectivity index (χ1v) is 8.45. The second kappa shape index (κ2) is 5.36. The van der Waals surface area contributed by atoms with E-state index in [1.165, 1.54) is 15.5 Å². The van der Waals surface area contributed by atoms with Gasteiger partial charge in [0.05, 0.1) is 6.85 Å². The highest BCUT2D eigenvalue weighted by atomic mass is 32.1. The molecule has 0 aliphatic heterocycles. The Balaban J connectivity index is 1.68. The first kappa shape index (κ1) is 9.45. The molecule has 0 saturated carbocycles. The lowest BCUT2D eigenvalue weighted by Crippen LogP contribution is -1.88. The number of nitrogens with one attached hydrogen (secondary N) is 1. The van der Waals surface area contributed by atoms with E-state index < -0.39 is 6.04 Å². The molecular weight excluding hydrogens is 310 g/mol. The number of fused-ring (bicyclic) bond motifs is 5. The van der Waals surface area contributed by atoms with Crippen LogP contribution >= 0.6 is 11.3 Å². The van der Waals surface area contributed by atoms with Crippen LogP contribution in [0.5, 0.6) is 0 Å². The lowest BCUT2D eigenvalue weighted by atomic mass is 10.1. The Morgan fingerprint density at radius 2 is 1.62 bits per heavy atom. The lowest BCUT2D eigenvalue weighted by molar-refractivity contribution is 1.57. The number of thiophene rings is 1. The van der Waals surface area contributed by atoms with E-state index in [1.54, 1.807) is 11.3 Å². The van der Waals surface area contributed by atoms with Crippen LogP contribution in [0.1, 0.15) is 6.85 Å². The summed E-state index contributed by atoms with van der Waals surface area (Å²) in [5.41, 5.74) is 0.768. The van der Waals surface area contributed by atoms with Gasteiger partial charge in [-0.05, 0) is 41.1 Å². The van der Waals surface area contributed by atoms with E-state index >= 15 is 0 Å². The summed E-state index contributed by atoms with van der Waals surface area (Å²) in [6, 6.07) is 16.8. The zero-order valence-electron chi connectivity index (χ0n) is 17.6. The zero-order chi connectivity index (χ0) is 20.3. The van der Waals surface area contributed by atoms with Gasteiger partial charge in [0.2, 0.25) is 0 Å². The van der Waals surface area contributed by atoms with Crippen molar-refractivity contribution in [2.45, 2.75) is 0 Å². The van der Waals surface area contributed by atoms with Crippen LogP contribution in [0.3, 0.4) is 0 Å². The van der Waals surface area contributed by atoms with Crippen LogP contribution in [0.2, 0.25) is 0 Å². The summed E-state index contributed by atoms with van der Waals surface area (Å²) >= 11 is 1.73. The Morgan fingerprint density at radius 3 is 2.54 bits per heavy atom. The summed E-state index contributed by atoms with van der Waals surface area (Å²) in [4.78, 5) is 0. The monoisotopic (exact) mass is 330 g/mol. The molecule has 1 nitrogen and oxygen atoms in total. The first-order chi connectivity index (χ1) is 14.0. The van der Waals surface area contributed by atoms with Crippen molar-refractivity contribution in [3.63, 3.8) is 0 Å². The van der Waals surface area contributed by atoms with Crippen LogP contribution in [-0.4, -0.2) is 0 Å². The van der Waals surface area contributed by atoms with Gasteiger partial charge in [0.15, 0.2) is 0 Å². The third-order valence-corrected chi connectivity index (χ3v) is 5.35. The molecule has 0 aliphatic carbocycles. The summed E-state index contributed by atoms with van der Waals surface area (Å²) in [7, 11) is 0. The molecule has 0 amide bonds. The molecule has 114 valence electrons. The van der Waals surface area contributed by atoms with Gasteiger partial charge in [0.25, 0.3) is 0 Å². The summed E-state index contributed by atoms with van der Waals surface area (Å²) in [6.07, 6.45) is 0. The maximum absolute atomic E-state index is 8.11. The van der Waals surface area contributed by atoms with Gasteiger partial charge in [-0.1, -0.05) is 54.5 Å². The molecule has 0 aliphatic rings. The van der Waals surface area contributed by atoms with Crippen molar-refractivity contribution in [1.82, 2.24) is 0 Å². The molecular formula is C22H15NS. The maximum Gasteiger partial charge on any atom is 0.0645 e. The Hall–Kier alpha value is -2.84. The Kier molecular flexibility index (Phi) is 2.11. The van der Waals surface area contributed by atoms with E-state index in [-0.39, 0.29) is 29.9 Å². The molecule has 0 spiro atoms. The molecule has 1 N–H and O–H groups in total. The summed E-state index contributed by atoms with van der Waals surface area (Å²) in [5, 5.41) is 7.68.